The lowest BCUT2D eigenvalue weighted by molar-refractivity contribution is 0.223. The highest BCUT2D eigenvalue weighted by molar-refractivity contribution is 9.10. The van der Waals surface area contributed by atoms with E-state index in [4.69, 9.17) is 4.74 Å². The number of nitrogens with zero attached hydrogens (tertiary/aromatic N) is 4. The maximum Gasteiger partial charge on any atom is 0.137 e. The summed E-state index contributed by atoms with van der Waals surface area (Å²) in [6.07, 6.45) is 10.2. The van der Waals surface area contributed by atoms with Crippen molar-refractivity contribution < 1.29 is 4.74 Å². The summed E-state index contributed by atoms with van der Waals surface area (Å²) in [4.78, 5) is 15.3. The van der Waals surface area contributed by atoms with Crippen LogP contribution in [0, 0.1) is 0 Å². The van der Waals surface area contributed by atoms with Gasteiger partial charge in [-0.1, -0.05) is 6.42 Å². The predicted octanol–water partition coefficient (Wildman–Crippen LogP) is 3.56. The fourth-order valence-corrected chi connectivity index (χ4v) is 3.48. The monoisotopic (exact) mass is 374 g/mol. The fourth-order valence-electron chi connectivity index (χ4n) is 3.13. The van der Waals surface area contributed by atoms with Gasteiger partial charge in [-0.2, -0.15) is 0 Å². The number of rotatable bonds is 4. The van der Waals surface area contributed by atoms with E-state index >= 15 is 0 Å². The summed E-state index contributed by atoms with van der Waals surface area (Å²) < 4.78 is 6.99. The Morgan fingerprint density at radius 2 is 2.13 bits per heavy atom. The van der Waals surface area contributed by atoms with Gasteiger partial charge in [-0.25, -0.2) is 9.97 Å². The van der Waals surface area contributed by atoms with Gasteiger partial charge in [0.2, 0.25) is 0 Å². The maximum absolute atomic E-state index is 6.10. The number of hydrogen-bond donors (Lipinski definition) is 0. The molecule has 0 N–H and O–H groups in total. The van der Waals surface area contributed by atoms with E-state index in [9.17, 15) is 0 Å². The fraction of sp³-hybridized carbons (Fsp3) is 0.471. The Kier molecular flexibility index (Phi) is 4.16. The normalized spacial score (nSPS) is 21.3. The van der Waals surface area contributed by atoms with Gasteiger partial charge < -0.3 is 9.64 Å². The second kappa shape index (κ2) is 6.43. The van der Waals surface area contributed by atoms with Crippen LogP contribution >= 0.6 is 15.9 Å². The molecule has 0 radical (unpaired) electrons. The van der Waals surface area contributed by atoms with Crippen LogP contribution in [0.15, 0.2) is 35.3 Å². The molecule has 1 atom stereocenters. The first-order valence-corrected chi connectivity index (χ1v) is 8.92. The topological polar surface area (TPSA) is 51.1 Å². The molecule has 1 aliphatic heterocycles. The Hall–Kier alpha value is -1.69. The molecule has 1 aliphatic carbocycles. The van der Waals surface area contributed by atoms with Gasteiger partial charge in [-0.3, -0.25) is 4.98 Å². The van der Waals surface area contributed by atoms with Gasteiger partial charge in [-0.05, 0) is 34.8 Å². The standard InChI is InChI=1S/C17H19BrN4O/c18-14-9-19-6-4-16(14)23-13-5-7-22(10-13)17-8-15(20-11-21-17)12-2-1-3-12/h4,6,8-9,11-13H,1-3,5,7,10H2. The molecule has 0 spiro atoms. The quantitative estimate of drug-likeness (QED) is 0.818. The average Bonchev–Trinajstić information content (AvgIpc) is 2.97. The summed E-state index contributed by atoms with van der Waals surface area (Å²) in [7, 11) is 0. The summed E-state index contributed by atoms with van der Waals surface area (Å²) in [5.74, 6) is 2.52. The second-order valence-corrected chi connectivity index (χ2v) is 7.06. The van der Waals surface area contributed by atoms with E-state index in [1.54, 1.807) is 18.7 Å². The molecule has 2 aliphatic rings. The molecular weight excluding hydrogens is 356 g/mol. The van der Waals surface area contributed by atoms with Crippen molar-refractivity contribution in [3.8, 4) is 5.75 Å². The van der Waals surface area contributed by atoms with Gasteiger partial charge in [0.25, 0.3) is 0 Å². The molecule has 3 heterocycles. The molecule has 2 fully saturated rings. The van der Waals surface area contributed by atoms with Gasteiger partial charge in [0, 0.05) is 43.0 Å². The molecule has 1 saturated carbocycles. The Bertz CT molecular complexity index is 692. The molecule has 120 valence electrons. The van der Waals surface area contributed by atoms with Gasteiger partial charge in [0.1, 0.15) is 24.0 Å². The smallest absolute Gasteiger partial charge is 0.137 e. The van der Waals surface area contributed by atoms with Crippen LogP contribution in [0.3, 0.4) is 0 Å². The number of hydrogen-bond acceptors (Lipinski definition) is 5. The zero-order chi connectivity index (χ0) is 15.6. The highest BCUT2D eigenvalue weighted by Crippen LogP contribution is 2.36. The van der Waals surface area contributed by atoms with E-state index in [0.29, 0.717) is 5.92 Å². The molecule has 0 bridgehead atoms. The molecule has 1 saturated heterocycles. The minimum atomic E-state index is 0.177. The van der Waals surface area contributed by atoms with Crippen molar-refractivity contribution in [3.63, 3.8) is 0 Å². The molecule has 4 rings (SSSR count). The van der Waals surface area contributed by atoms with Crippen LogP contribution in [-0.2, 0) is 0 Å². The third kappa shape index (κ3) is 3.17. The summed E-state index contributed by atoms with van der Waals surface area (Å²) in [6, 6.07) is 4.06. The van der Waals surface area contributed by atoms with E-state index in [1.165, 1.54) is 25.0 Å². The minimum Gasteiger partial charge on any atom is -0.487 e. The molecule has 2 aromatic heterocycles. The van der Waals surface area contributed by atoms with Crippen molar-refractivity contribution in [1.29, 1.82) is 0 Å². The lowest BCUT2D eigenvalue weighted by Crippen LogP contribution is -2.25. The van der Waals surface area contributed by atoms with Crippen LogP contribution in [0.5, 0.6) is 5.75 Å². The van der Waals surface area contributed by atoms with Crippen molar-refractivity contribution in [2.75, 3.05) is 18.0 Å². The van der Waals surface area contributed by atoms with Crippen LogP contribution in [0.1, 0.15) is 37.3 Å². The summed E-state index contributed by atoms with van der Waals surface area (Å²) in [5, 5.41) is 0. The van der Waals surface area contributed by atoms with Crippen LogP contribution in [0.25, 0.3) is 0 Å². The zero-order valence-electron chi connectivity index (χ0n) is 12.9. The summed E-state index contributed by atoms with van der Waals surface area (Å²) in [6.45, 7) is 1.82. The van der Waals surface area contributed by atoms with E-state index in [1.807, 2.05) is 6.07 Å². The molecule has 5 nitrogen and oxygen atoms in total. The maximum atomic E-state index is 6.10. The first-order chi connectivity index (χ1) is 11.3. The summed E-state index contributed by atoms with van der Waals surface area (Å²) in [5.41, 5.74) is 1.20. The third-order valence-corrected chi connectivity index (χ3v) is 5.29. The minimum absolute atomic E-state index is 0.177. The van der Waals surface area contributed by atoms with Gasteiger partial charge in [0.05, 0.1) is 11.0 Å². The van der Waals surface area contributed by atoms with Gasteiger partial charge in [-0.15, -0.1) is 0 Å². The molecule has 6 heteroatoms. The highest BCUT2D eigenvalue weighted by Gasteiger charge is 2.27. The number of aromatic nitrogens is 3. The lowest BCUT2D eigenvalue weighted by atomic mass is 9.83. The van der Waals surface area contributed by atoms with Crippen molar-refractivity contribution in [2.45, 2.75) is 37.7 Å². The SMILES string of the molecule is Brc1cnccc1OC1CCN(c2cc(C3CCC3)ncn2)C1. The van der Waals surface area contributed by atoms with Crippen LogP contribution in [0.4, 0.5) is 5.82 Å². The first-order valence-electron chi connectivity index (χ1n) is 8.12. The van der Waals surface area contributed by atoms with Crippen LogP contribution in [-0.4, -0.2) is 34.1 Å². The molecule has 23 heavy (non-hydrogen) atoms. The zero-order valence-corrected chi connectivity index (χ0v) is 14.4. The first kappa shape index (κ1) is 14.9. The summed E-state index contributed by atoms with van der Waals surface area (Å²) >= 11 is 3.48. The number of halogens is 1. The average molecular weight is 375 g/mol. The van der Waals surface area contributed by atoms with E-state index in [0.717, 1.165) is 35.6 Å². The highest BCUT2D eigenvalue weighted by atomic mass is 79.9. The Labute approximate surface area is 144 Å². The lowest BCUT2D eigenvalue weighted by Gasteiger charge is -2.26. The molecule has 1 unspecified atom stereocenters. The Morgan fingerprint density at radius 3 is 2.91 bits per heavy atom. The Morgan fingerprint density at radius 1 is 1.22 bits per heavy atom. The second-order valence-electron chi connectivity index (χ2n) is 6.21. The van der Waals surface area contributed by atoms with Crippen LogP contribution in [0.2, 0.25) is 0 Å². The number of ether oxygens (including phenoxy) is 1. The molecular formula is C17H19BrN4O. The molecule has 0 aromatic carbocycles. The molecule has 0 amide bonds. The van der Waals surface area contributed by atoms with Gasteiger partial charge >= 0.3 is 0 Å². The van der Waals surface area contributed by atoms with Crippen molar-refractivity contribution in [1.82, 2.24) is 15.0 Å². The Balaban J connectivity index is 1.43. The number of pyridine rings is 1. The number of anilines is 1. The van der Waals surface area contributed by atoms with Crippen molar-refractivity contribution >= 4 is 21.7 Å². The van der Waals surface area contributed by atoms with E-state index in [-0.39, 0.29) is 6.10 Å². The van der Waals surface area contributed by atoms with E-state index < -0.39 is 0 Å². The van der Waals surface area contributed by atoms with Crippen molar-refractivity contribution in [3.05, 3.63) is 41.0 Å². The largest absolute Gasteiger partial charge is 0.487 e. The van der Waals surface area contributed by atoms with E-state index in [2.05, 4.69) is 41.8 Å². The van der Waals surface area contributed by atoms with Gasteiger partial charge in [0.15, 0.2) is 0 Å². The van der Waals surface area contributed by atoms with Crippen LogP contribution < -0.4 is 9.64 Å². The van der Waals surface area contributed by atoms with Crippen molar-refractivity contribution in [2.24, 2.45) is 0 Å². The third-order valence-electron chi connectivity index (χ3n) is 4.70. The predicted molar refractivity (Wildman–Crippen MR) is 91.8 cm³/mol. The molecule has 2 aromatic rings.